The zero-order valence-electron chi connectivity index (χ0n) is 22.8. The molecule has 0 saturated heterocycles. The molecule has 7 unspecified atom stereocenters. The summed E-state index contributed by atoms with van der Waals surface area (Å²) < 4.78 is 5.54. The first-order valence-corrected chi connectivity index (χ1v) is 17.6. The van der Waals surface area contributed by atoms with Gasteiger partial charge >= 0.3 is 0 Å². The number of aliphatic hydroxyl groups excluding tert-OH is 1. The van der Waals surface area contributed by atoms with Crippen molar-refractivity contribution in [3.8, 4) is 12.8 Å². The van der Waals surface area contributed by atoms with Gasteiger partial charge in [-0.2, -0.15) is 0 Å². The highest BCUT2D eigenvalue weighted by Gasteiger charge is 2.65. The summed E-state index contributed by atoms with van der Waals surface area (Å²) in [6.45, 7) is 4.43. The lowest BCUT2D eigenvalue weighted by Crippen LogP contribution is -2.56. The van der Waals surface area contributed by atoms with Gasteiger partial charge in [-0.1, -0.05) is 43.7 Å². The minimum absolute atomic E-state index is 0.000234. The Kier molecular flexibility index (Phi) is 9.74. The van der Waals surface area contributed by atoms with Crippen LogP contribution in [0.3, 0.4) is 0 Å². The standard InChI is InChI=1S/C29H35INO6P.C2H2/c1-28-11-10-20(32)13-19(28)8-9-21-22-12-18(15-31(36)27(35)17-6-4-3-5-7-17)25(24(34)16-37-38-30)29(22,2)14-23(33)26(21)28;1-2/h3-7,10-11,13,18,21-23,25-26,33,36,38H,8-9,12,14-16H2,1-2H3;1-2H/t18-,21?,22?,23?,25?,26?,28-,29?;/m0./s1. The number of fused-ring (bicyclic) bond motifs is 5. The maximum atomic E-state index is 13.6. The number of Topliss-reactive ketones (excluding diaryl/α,β-unsaturated/α-hetero) is 1. The molecule has 4 aliphatic carbocycles. The number of carbonyl (C=O) groups excluding carboxylic acids is 3. The Morgan fingerprint density at radius 2 is 1.93 bits per heavy atom. The van der Waals surface area contributed by atoms with E-state index in [4.69, 9.17) is 4.52 Å². The molecule has 40 heavy (non-hydrogen) atoms. The molecule has 4 aliphatic rings. The molecule has 0 spiro atoms. The Bertz CT molecular complexity index is 1220. The molecule has 3 saturated carbocycles. The fourth-order valence-electron chi connectivity index (χ4n) is 8.54. The van der Waals surface area contributed by atoms with Crippen LogP contribution in [-0.4, -0.2) is 52.1 Å². The first-order chi connectivity index (χ1) is 19.1. The van der Waals surface area contributed by atoms with E-state index in [2.05, 4.69) is 48.7 Å². The number of ketones is 2. The van der Waals surface area contributed by atoms with Crippen molar-refractivity contribution in [1.82, 2.24) is 5.06 Å². The van der Waals surface area contributed by atoms with E-state index >= 15 is 0 Å². The predicted octanol–water partition coefficient (Wildman–Crippen LogP) is 5.42. The van der Waals surface area contributed by atoms with E-state index in [1.165, 1.54) is 0 Å². The highest BCUT2D eigenvalue weighted by atomic mass is 127. The van der Waals surface area contributed by atoms with Crippen LogP contribution < -0.4 is 0 Å². The average molecular weight is 678 g/mol. The zero-order chi connectivity index (χ0) is 29.2. The van der Waals surface area contributed by atoms with Crippen molar-refractivity contribution in [2.75, 3.05) is 13.2 Å². The number of benzene rings is 1. The first-order valence-electron chi connectivity index (χ1n) is 13.6. The van der Waals surface area contributed by atoms with E-state index in [-0.39, 0.29) is 54.8 Å². The number of nitrogens with zero attached hydrogens (tertiary/aromatic N) is 1. The molecule has 3 fully saturated rings. The molecule has 2 N–H and O–H groups in total. The van der Waals surface area contributed by atoms with Crippen LogP contribution in [0.4, 0.5) is 0 Å². The van der Waals surface area contributed by atoms with Gasteiger partial charge in [-0.3, -0.25) is 19.6 Å². The lowest BCUT2D eigenvalue weighted by molar-refractivity contribution is -0.143. The Labute approximate surface area is 251 Å². The van der Waals surface area contributed by atoms with Crippen molar-refractivity contribution in [1.29, 1.82) is 0 Å². The van der Waals surface area contributed by atoms with E-state index < -0.39 is 28.8 Å². The van der Waals surface area contributed by atoms with Crippen molar-refractivity contribution in [2.24, 2.45) is 40.4 Å². The van der Waals surface area contributed by atoms with Crippen LogP contribution in [0.1, 0.15) is 49.9 Å². The summed E-state index contributed by atoms with van der Waals surface area (Å²) in [5.74, 6) is -0.965. The summed E-state index contributed by atoms with van der Waals surface area (Å²) in [5.41, 5.74) is 0.597. The van der Waals surface area contributed by atoms with Gasteiger partial charge in [0.05, 0.1) is 19.1 Å². The Morgan fingerprint density at radius 1 is 1.23 bits per heavy atom. The molecule has 7 nitrogen and oxygen atoms in total. The van der Waals surface area contributed by atoms with E-state index in [1.54, 1.807) is 36.4 Å². The van der Waals surface area contributed by atoms with Gasteiger partial charge in [-0.25, -0.2) is 5.06 Å². The summed E-state index contributed by atoms with van der Waals surface area (Å²) in [6.07, 6.45) is 15.5. The molecule has 9 atom stereocenters. The summed E-state index contributed by atoms with van der Waals surface area (Å²) in [7, 11) is 0. The second-order valence-electron chi connectivity index (χ2n) is 11.9. The van der Waals surface area contributed by atoms with Crippen LogP contribution in [0.15, 0.2) is 54.1 Å². The van der Waals surface area contributed by atoms with Gasteiger partial charge < -0.3 is 9.63 Å². The third-order valence-electron chi connectivity index (χ3n) is 9.95. The SMILES string of the molecule is C#C.CC12CC(O)C3C(CCC4=CC(=O)C=C[C@@]43C)C1C[C@@H](CN(O)C(=O)c1ccccc1)C2C(=O)COPI. The van der Waals surface area contributed by atoms with Gasteiger partial charge in [0, 0.05) is 22.8 Å². The Hall–Kier alpha value is -1.89. The number of terminal acetylenes is 1. The topological polar surface area (TPSA) is 104 Å². The Morgan fingerprint density at radius 3 is 2.60 bits per heavy atom. The van der Waals surface area contributed by atoms with Crippen LogP contribution in [0, 0.1) is 53.3 Å². The van der Waals surface area contributed by atoms with Crippen LogP contribution >= 0.6 is 28.5 Å². The van der Waals surface area contributed by atoms with Crippen molar-refractivity contribution >= 4 is 46.0 Å². The third kappa shape index (κ3) is 5.48. The number of rotatable bonds is 7. The number of hydroxylamine groups is 2. The molecule has 0 radical (unpaired) electrons. The van der Waals surface area contributed by atoms with Gasteiger partial charge in [-0.15, -0.1) is 12.8 Å². The predicted molar refractivity (Wildman–Crippen MR) is 163 cm³/mol. The van der Waals surface area contributed by atoms with Gasteiger partial charge in [0.1, 0.15) is 6.61 Å². The van der Waals surface area contributed by atoms with Crippen molar-refractivity contribution < 1.29 is 29.2 Å². The second-order valence-corrected chi connectivity index (χ2v) is 13.6. The normalized spacial score (nSPS) is 36.1. The minimum atomic E-state index is -0.634. The zero-order valence-corrected chi connectivity index (χ0v) is 26.0. The molecule has 1 aromatic rings. The number of aliphatic hydroxyl groups is 1. The van der Waals surface area contributed by atoms with Gasteiger partial charge in [0.15, 0.2) is 11.6 Å². The molecule has 0 bridgehead atoms. The highest BCUT2D eigenvalue weighted by Crippen LogP contribution is 2.67. The molecule has 0 heterocycles. The average Bonchev–Trinajstić information content (AvgIpc) is 3.24. The van der Waals surface area contributed by atoms with Crippen LogP contribution in [0.25, 0.3) is 0 Å². The summed E-state index contributed by atoms with van der Waals surface area (Å²) in [5, 5.41) is 23.3. The van der Waals surface area contributed by atoms with Crippen LogP contribution in [0.2, 0.25) is 0 Å². The van der Waals surface area contributed by atoms with Gasteiger partial charge in [0.25, 0.3) is 5.91 Å². The van der Waals surface area contributed by atoms with E-state index in [0.29, 0.717) is 18.4 Å². The van der Waals surface area contributed by atoms with E-state index in [0.717, 1.165) is 23.5 Å². The summed E-state index contributed by atoms with van der Waals surface area (Å²) >= 11 is 2.10. The lowest BCUT2D eigenvalue weighted by atomic mass is 9.46. The smallest absolute Gasteiger partial charge is 0.277 e. The quantitative estimate of drug-likeness (QED) is 0.132. The molecule has 9 heteroatoms. The van der Waals surface area contributed by atoms with Gasteiger partial charge in [-0.05, 0) is 95.2 Å². The van der Waals surface area contributed by atoms with Crippen molar-refractivity contribution in [3.63, 3.8) is 0 Å². The molecule has 0 aromatic heterocycles. The molecule has 214 valence electrons. The van der Waals surface area contributed by atoms with Gasteiger partial charge in [0.2, 0.25) is 0 Å². The first kappa shape index (κ1) is 31.1. The molecule has 0 aliphatic heterocycles. The lowest BCUT2D eigenvalue weighted by Gasteiger charge is -2.58. The number of allylic oxidation sites excluding steroid dienone is 4. The number of hydrogen-bond donors (Lipinski definition) is 2. The monoisotopic (exact) mass is 677 g/mol. The summed E-state index contributed by atoms with van der Waals surface area (Å²) in [6, 6.07) is 8.64. The molecular weight excluding hydrogens is 640 g/mol. The largest absolute Gasteiger partial charge is 0.393 e. The fourth-order valence-corrected chi connectivity index (χ4v) is 9.21. The molecule has 5 rings (SSSR count). The highest BCUT2D eigenvalue weighted by molar-refractivity contribution is 14.2. The maximum Gasteiger partial charge on any atom is 0.277 e. The van der Waals surface area contributed by atoms with E-state index in [1.807, 2.05) is 12.1 Å². The Balaban J connectivity index is 0.00000181. The summed E-state index contributed by atoms with van der Waals surface area (Å²) in [4.78, 5) is 38.7. The minimum Gasteiger partial charge on any atom is -0.393 e. The number of halogens is 1. The van der Waals surface area contributed by atoms with Crippen molar-refractivity contribution in [2.45, 2.75) is 45.6 Å². The van der Waals surface area contributed by atoms with Crippen LogP contribution in [-0.2, 0) is 14.1 Å². The molecule has 1 aromatic carbocycles. The maximum absolute atomic E-state index is 13.6. The third-order valence-corrected chi connectivity index (χ3v) is 11.1. The fraction of sp³-hybridized carbons (Fsp3) is 0.516. The van der Waals surface area contributed by atoms with E-state index in [9.17, 15) is 24.7 Å². The number of amides is 1. The van der Waals surface area contributed by atoms with Crippen molar-refractivity contribution in [3.05, 3.63) is 59.7 Å². The molecule has 1 amide bonds. The number of carbonyl (C=O) groups is 3. The number of hydrogen-bond acceptors (Lipinski definition) is 6. The molecular formula is C31H37INO6P. The van der Waals surface area contributed by atoms with Crippen LogP contribution in [0.5, 0.6) is 0 Å². The second kappa shape index (κ2) is 12.5.